The van der Waals surface area contributed by atoms with Crippen molar-refractivity contribution in [3.8, 4) is 6.07 Å². The molecule has 20 heavy (non-hydrogen) atoms. The second-order valence-corrected chi connectivity index (χ2v) is 7.17. The molecule has 0 heterocycles. The molecule has 0 spiro atoms. The van der Waals surface area contributed by atoms with Crippen molar-refractivity contribution in [3.05, 3.63) is 0 Å². The van der Waals surface area contributed by atoms with Gasteiger partial charge in [-0.25, -0.2) is 13.1 Å². The third-order valence-corrected chi connectivity index (χ3v) is 5.10. The molecule has 0 aromatic heterocycles. The molecule has 1 aliphatic rings. The Balaban J connectivity index is 2.54. The maximum absolute atomic E-state index is 12.0. The van der Waals surface area contributed by atoms with Gasteiger partial charge in [0.25, 0.3) is 0 Å². The van der Waals surface area contributed by atoms with Gasteiger partial charge in [0, 0.05) is 6.54 Å². The lowest BCUT2D eigenvalue weighted by molar-refractivity contribution is -0.147. The summed E-state index contributed by atoms with van der Waals surface area (Å²) in [6.07, 6.45) is 3.03. The van der Waals surface area contributed by atoms with Crippen LogP contribution in [0.25, 0.3) is 0 Å². The van der Waals surface area contributed by atoms with E-state index in [1.54, 1.807) is 13.8 Å². The summed E-state index contributed by atoms with van der Waals surface area (Å²) >= 11 is 0. The van der Waals surface area contributed by atoms with E-state index in [-0.39, 0.29) is 18.9 Å². The van der Waals surface area contributed by atoms with Gasteiger partial charge in [0.2, 0.25) is 10.0 Å². The predicted molar refractivity (Wildman–Crippen MR) is 74.1 cm³/mol. The molecule has 0 aromatic rings. The van der Waals surface area contributed by atoms with Gasteiger partial charge in [0.05, 0.1) is 29.8 Å². The zero-order valence-corrected chi connectivity index (χ0v) is 12.8. The van der Waals surface area contributed by atoms with Crippen molar-refractivity contribution in [2.75, 3.05) is 18.9 Å². The number of nitrogens with one attached hydrogen (secondary N) is 1. The predicted octanol–water partition coefficient (Wildman–Crippen LogP) is 1.19. The van der Waals surface area contributed by atoms with Gasteiger partial charge in [-0.2, -0.15) is 5.26 Å². The minimum absolute atomic E-state index is 0.00265. The van der Waals surface area contributed by atoms with Gasteiger partial charge in [-0.1, -0.05) is 19.8 Å². The molecule has 6 nitrogen and oxygen atoms in total. The lowest BCUT2D eigenvalue weighted by Gasteiger charge is -2.20. The largest absolute Gasteiger partial charge is 0.466 e. The van der Waals surface area contributed by atoms with E-state index < -0.39 is 27.3 Å². The zero-order valence-electron chi connectivity index (χ0n) is 12.0. The monoisotopic (exact) mass is 302 g/mol. The van der Waals surface area contributed by atoms with Crippen molar-refractivity contribution in [3.63, 3.8) is 0 Å². The number of sulfonamides is 1. The molecule has 114 valence electrons. The fourth-order valence-electron chi connectivity index (χ4n) is 2.37. The molecule has 1 fully saturated rings. The molecule has 1 saturated carbocycles. The van der Waals surface area contributed by atoms with Crippen molar-refractivity contribution < 1.29 is 17.9 Å². The molecule has 1 rings (SSSR count). The Morgan fingerprint density at radius 2 is 2.05 bits per heavy atom. The minimum atomic E-state index is -3.56. The third-order valence-electron chi connectivity index (χ3n) is 3.56. The molecule has 1 atom stereocenters. The van der Waals surface area contributed by atoms with Crippen LogP contribution in [0.2, 0.25) is 0 Å². The molecule has 1 aliphatic carbocycles. The first-order valence-electron chi connectivity index (χ1n) is 6.89. The highest BCUT2D eigenvalue weighted by molar-refractivity contribution is 7.89. The number of nitriles is 1. The summed E-state index contributed by atoms with van der Waals surface area (Å²) in [5, 5.41) is 9.20. The topological polar surface area (TPSA) is 96.3 Å². The normalized spacial score (nSPS) is 19.2. The quantitative estimate of drug-likeness (QED) is 0.713. The molecule has 0 saturated heterocycles. The van der Waals surface area contributed by atoms with Gasteiger partial charge < -0.3 is 4.74 Å². The van der Waals surface area contributed by atoms with E-state index in [2.05, 4.69) is 10.8 Å². The number of hydrogen-bond acceptors (Lipinski definition) is 5. The van der Waals surface area contributed by atoms with Crippen LogP contribution < -0.4 is 4.72 Å². The van der Waals surface area contributed by atoms with Crippen LogP contribution in [0, 0.1) is 22.7 Å². The van der Waals surface area contributed by atoms with Gasteiger partial charge in [-0.3, -0.25) is 4.79 Å². The van der Waals surface area contributed by atoms with Crippen molar-refractivity contribution in [1.29, 1.82) is 5.26 Å². The number of esters is 1. The molecule has 0 bridgehead atoms. The van der Waals surface area contributed by atoms with Gasteiger partial charge >= 0.3 is 5.97 Å². The molecule has 0 amide bonds. The summed E-state index contributed by atoms with van der Waals surface area (Å²) in [5.74, 6) is -1.15. The lowest BCUT2D eigenvalue weighted by Crippen LogP contribution is -2.38. The van der Waals surface area contributed by atoms with Crippen LogP contribution in [0.4, 0.5) is 0 Å². The number of carbonyl (C=O) groups is 1. The van der Waals surface area contributed by atoms with Crippen molar-refractivity contribution in [2.24, 2.45) is 11.3 Å². The Morgan fingerprint density at radius 3 is 2.55 bits per heavy atom. The van der Waals surface area contributed by atoms with Crippen LogP contribution in [-0.2, 0) is 19.6 Å². The molecule has 0 radical (unpaired) electrons. The third kappa shape index (κ3) is 4.76. The van der Waals surface area contributed by atoms with Crippen LogP contribution in [0.3, 0.4) is 0 Å². The molecular formula is C13H22N2O4S. The Labute approximate surface area is 120 Å². The van der Waals surface area contributed by atoms with Crippen LogP contribution in [0.5, 0.6) is 0 Å². The van der Waals surface area contributed by atoms with Gasteiger partial charge in [0.15, 0.2) is 0 Å². The molecule has 0 unspecified atom stereocenters. The number of carbonyl (C=O) groups excluding carboxylic acids is 1. The number of nitrogens with zero attached hydrogens (tertiary/aromatic N) is 1. The fourth-order valence-corrected chi connectivity index (χ4v) is 4.06. The van der Waals surface area contributed by atoms with E-state index >= 15 is 0 Å². The van der Waals surface area contributed by atoms with Gasteiger partial charge in [-0.15, -0.1) is 0 Å². The summed E-state index contributed by atoms with van der Waals surface area (Å²) < 4.78 is 31.3. The SMILES string of the molecule is CCOC(=O)[C@H](C)CNS(=O)(=O)CC1(C#N)CCCC1. The summed E-state index contributed by atoms with van der Waals surface area (Å²) in [6, 6.07) is 2.15. The second-order valence-electron chi connectivity index (χ2n) is 5.36. The number of ether oxygens (including phenoxy) is 1. The first-order valence-corrected chi connectivity index (χ1v) is 8.54. The zero-order chi connectivity index (χ0) is 15.2. The molecular weight excluding hydrogens is 280 g/mol. The minimum Gasteiger partial charge on any atom is -0.466 e. The second kappa shape index (κ2) is 7.04. The standard InChI is InChI=1S/C13H22N2O4S/c1-3-19-12(16)11(2)8-15-20(17,18)10-13(9-14)6-4-5-7-13/h11,15H,3-8,10H2,1-2H3/t11-/m1/s1. The maximum Gasteiger partial charge on any atom is 0.309 e. The van der Waals surface area contributed by atoms with Gasteiger partial charge in [-0.05, 0) is 19.8 Å². The van der Waals surface area contributed by atoms with Gasteiger partial charge in [0.1, 0.15) is 0 Å². The maximum atomic E-state index is 12.0. The Hall–Kier alpha value is -1.13. The fraction of sp³-hybridized carbons (Fsp3) is 0.846. The Kier molecular flexibility index (Phi) is 5.96. The number of rotatable bonds is 7. The van der Waals surface area contributed by atoms with E-state index in [4.69, 9.17) is 4.74 Å². The van der Waals surface area contributed by atoms with Crippen LogP contribution in [-0.4, -0.2) is 33.3 Å². The molecule has 1 N–H and O–H groups in total. The highest BCUT2D eigenvalue weighted by Gasteiger charge is 2.38. The highest BCUT2D eigenvalue weighted by Crippen LogP contribution is 2.38. The average molecular weight is 302 g/mol. The smallest absolute Gasteiger partial charge is 0.309 e. The first-order chi connectivity index (χ1) is 9.34. The molecule has 0 aliphatic heterocycles. The average Bonchev–Trinajstić information content (AvgIpc) is 2.84. The Morgan fingerprint density at radius 1 is 1.45 bits per heavy atom. The van der Waals surface area contributed by atoms with Crippen LogP contribution in [0.15, 0.2) is 0 Å². The Bertz CT molecular complexity index is 475. The molecule has 7 heteroatoms. The van der Waals surface area contributed by atoms with E-state index in [1.165, 1.54) is 0 Å². The van der Waals surface area contributed by atoms with Crippen molar-refractivity contribution in [1.82, 2.24) is 4.72 Å². The summed E-state index contributed by atoms with van der Waals surface area (Å²) in [6.45, 7) is 3.58. The van der Waals surface area contributed by atoms with Crippen LogP contribution in [0.1, 0.15) is 39.5 Å². The number of hydrogen-bond donors (Lipinski definition) is 1. The van der Waals surface area contributed by atoms with Crippen molar-refractivity contribution in [2.45, 2.75) is 39.5 Å². The van der Waals surface area contributed by atoms with E-state index in [0.717, 1.165) is 12.8 Å². The molecule has 0 aromatic carbocycles. The lowest BCUT2D eigenvalue weighted by atomic mass is 9.91. The van der Waals surface area contributed by atoms with Crippen LogP contribution >= 0.6 is 0 Å². The first kappa shape index (κ1) is 16.9. The van der Waals surface area contributed by atoms with Crippen molar-refractivity contribution >= 4 is 16.0 Å². The summed E-state index contributed by atoms with van der Waals surface area (Å²) in [5.41, 5.74) is -0.765. The van der Waals surface area contributed by atoms with E-state index in [0.29, 0.717) is 12.8 Å². The highest BCUT2D eigenvalue weighted by atomic mass is 32.2. The van der Waals surface area contributed by atoms with E-state index in [1.807, 2.05) is 0 Å². The summed E-state index contributed by atoms with van der Waals surface area (Å²) in [7, 11) is -3.56. The summed E-state index contributed by atoms with van der Waals surface area (Å²) in [4.78, 5) is 11.4. The van der Waals surface area contributed by atoms with E-state index in [9.17, 15) is 18.5 Å².